The molecule has 2 aromatic carbocycles. The number of carbonyl (C=O) groups excluding carboxylic acids is 2. The number of anilines is 1. The SMILES string of the molecule is O=C(Nc1ccc(F)cc1F)C(N=Nc1cccc(C(F)(F)F)c1)C(=O)C(F)(F)F. The smallest absolute Gasteiger partial charge is 0.321 e. The molecule has 0 aliphatic heterocycles. The van der Waals surface area contributed by atoms with Crippen molar-refractivity contribution in [1.82, 2.24) is 0 Å². The number of Topliss-reactive ketones (excluding diaryl/α,β-unsaturated/α-hetero) is 1. The van der Waals surface area contributed by atoms with Gasteiger partial charge in [-0.1, -0.05) is 6.07 Å². The molecule has 13 heteroatoms. The maximum atomic E-state index is 13.6. The summed E-state index contributed by atoms with van der Waals surface area (Å²) >= 11 is 0. The molecule has 1 unspecified atom stereocenters. The zero-order chi connectivity index (χ0) is 22.7. The lowest BCUT2D eigenvalue weighted by Crippen LogP contribution is -2.41. The Morgan fingerprint density at radius 3 is 2.17 bits per heavy atom. The van der Waals surface area contributed by atoms with E-state index in [1.165, 1.54) is 0 Å². The first-order valence-electron chi connectivity index (χ1n) is 7.74. The van der Waals surface area contributed by atoms with E-state index in [-0.39, 0.29) is 0 Å². The van der Waals surface area contributed by atoms with Crippen molar-refractivity contribution in [1.29, 1.82) is 0 Å². The van der Waals surface area contributed by atoms with Crippen LogP contribution in [0, 0.1) is 11.6 Å². The molecule has 30 heavy (non-hydrogen) atoms. The van der Waals surface area contributed by atoms with Crippen LogP contribution in [0.25, 0.3) is 0 Å². The van der Waals surface area contributed by atoms with Gasteiger partial charge in [0.25, 0.3) is 11.7 Å². The largest absolute Gasteiger partial charge is 0.452 e. The summed E-state index contributed by atoms with van der Waals surface area (Å²) in [7, 11) is 0. The van der Waals surface area contributed by atoms with Crippen LogP contribution >= 0.6 is 0 Å². The molecule has 1 atom stereocenters. The highest BCUT2D eigenvalue weighted by atomic mass is 19.4. The highest BCUT2D eigenvalue weighted by Crippen LogP contribution is 2.31. The number of ketones is 1. The quantitative estimate of drug-likeness (QED) is 0.395. The summed E-state index contributed by atoms with van der Waals surface area (Å²) in [5.74, 6) is -6.87. The molecule has 2 aromatic rings. The van der Waals surface area contributed by atoms with Crippen LogP contribution in [0.3, 0.4) is 0 Å². The fourth-order valence-electron chi connectivity index (χ4n) is 2.04. The van der Waals surface area contributed by atoms with Crippen molar-refractivity contribution in [3.05, 3.63) is 59.7 Å². The van der Waals surface area contributed by atoms with Crippen LogP contribution in [0.5, 0.6) is 0 Å². The Balaban J connectivity index is 2.35. The van der Waals surface area contributed by atoms with Gasteiger partial charge in [0.15, 0.2) is 0 Å². The number of nitrogens with zero attached hydrogens (tertiary/aromatic N) is 2. The van der Waals surface area contributed by atoms with Crippen LogP contribution < -0.4 is 5.32 Å². The second-order valence-corrected chi connectivity index (χ2v) is 5.64. The van der Waals surface area contributed by atoms with Gasteiger partial charge in [0.2, 0.25) is 6.04 Å². The lowest BCUT2D eigenvalue weighted by Gasteiger charge is -2.13. The molecule has 0 saturated heterocycles. The van der Waals surface area contributed by atoms with E-state index in [4.69, 9.17) is 0 Å². The monoisotopic (exact) mass is 439 g/mol. The molecule has 0 aliphatic rings. The van der Waals surface area contributed by atoms with Crippen molar-refractivity contribution in [2.24, 2.45) is 10.2 Å². The number of nitrogens with one attached hydrogen (secondary N) is 1. The molecule has 0 fully saturated rings. The maximum absolute atomic E-state index is 13.6. The zero-order valence-electron chi connectivity index (χ0n) is 14.4. The normalized spacial score (nSPS) is 13.3. The first kappa shape index (κ1) is 22.9. The molecule has 2 rings (SSSR count). The van der Waals surface area contributed by atoms with Gasteiger partial charge in [0.05, 0.1) is 16.9 Å². The van der Waals surface area contributed by atoms with Crippen molar-refractivity contribution >= 4 is 23.1 Å². The molecule has 0 aliphatic carbocycles. The Morgan fingerprint density at radius 1 is 0.933 bits per heavy atom. The third-order valence-electron chi connectivity index (χ3n) is 3.43. The number of alkyl halides is 6. The molecule has 1 N–H and O–H groups in total. The van der Waals surface area contributed by atoms with Crippen molar-refractivity contribution < 1.29 is 44.7 Å². The average Bonchev–Trinajstić information content (AvgIpc) is 2.63. The first-order valence-corrected chi connectivity index (χ1v) is 7.74. The molecule has 0 radical (unpaired) electrons. The van der Waals surface area contributed by atoms with Gasteiger partial charge >= 0.3 is 12.4 Å². The summed E-state index contributed by atoms with van der Waals surface area (Å²) < 4.78 is 103. The zero-order valence-corrected chi connectivity index (χ0v) is 14.4. The molecule has 0 heterocycles. The number of hydrogen-bond acceptors (Lipinski definition) is 4. The number of halogens is 8. The van der Waals surface area contributed by atoms with Crippen molar-refractivity contribution in [2.75, 3.05) is 5.32 Å². The van der Waals surface area contributed by atoms with Crippen LogP contribution in [-0.2, 0) is 15.8 Å². The summed E-state index contributed by atoms with van der Waals surface area (Å²) in [6.07, 6.45) is -10.3. The van der Waals surface area contributed by atoms with Gasteiger partial charge in [-0.25, -0.2) is 8.78 Å². The molecular weight excluding hydrogens is 430 g/mol. The highest BCUT2D eigenvalue weighted by Gasteiger charge is 2.47. The van der Waals surface area contributed by atoms with E-state index in [2.05, 4.69) is 10.2 Å². The van der Waals surface area contributed by atoms with E-state index in [1.54, 1.807) is 5.32 Å². The summed E-state index contributed by atoms with van der Waals surface area (Å²) in [5, 5.41) is 7.64. The highest BCUT2D eigenvalue weighted by molar-refractivity contribution is 6.12. The Morgan fingerprint density at radius 2 is 1.60 bits per heavy atom. The third-order valence-corrected chi connectivity index (χ3v) is 3.43. The van der Waals surface area contributed by atoms with E-state index in [1.807, 2.05) is 0 Å². The summed E-state index contributed by atoms with van der Waals surface area (Å²) in [6.45, 7) is 0. The van der Waals surface area contributed by atoms with Crippen molar-refractivity contribution in [2.45, 2.75) is 18.4 Å². The number of amides is 1. The van der Waals surface area contributed by atoms with Gasteiger partial charge in [-0.15, -0.1) is 0 Å². The second-order valence-electron chi connectivity index (χ2n) is 5.64. The summed E-state index contributed by atoms with van der Waals surface area (Å²) in [5.41, 5.74) is -2.54. The summed E-state index contributed by atoms with van der Waals surface area (Å²) in [4.78, 5) is 23.6. The standard InChI is InChI=1S/C17H9F8N3O2/c18-9-4-5-12(11(19)7-9)26-15(30)13(14(29)17(23,24)25)28-27-10-3-1-2-8(6-10)16(20,21)22/h1-7,13H,(H,26,30). The van der Waals surface area contributed by atoms with Gasteiger partial charge < -0.3 is 5.32 Å². The van der Waals surface area contributed by atoms with Crippen LogP contribution in [0.1, 0.15) is 5.56 Å². The van der Waals surface area contributed by atoms with E-state index >= 15 is 0 Å². The fourth-order valence-corrected chi connectivity index (χ4v) is 2.04. The Labute approximate surface area is 162 Å². The maximum Gasteiger partial charge on any atom is 0.452 e. The molecule has 1 amide bonds. The van der Waals surface area contributed by atoms with E-state index in [0.717, 1.165) is 12.1 Å². The number of benzene rings is 2. The van der Waals surface area contributed by atoms with Crippen molar-refractivity contribution in [3.8, 4) is 0 Å². The van der Waals surface area contributed by atoms with E-state index in [9.17, 15) is 44.7 Å². The summed E-state index contributed by atoms with van der Waals surface area (Å²) in [6, 6.07) is 1.70. The number of azo groups is 1. The van der Waals surface area contributed by atoms with Gasteiger partial charge in [0.1, 0.15) is 11.6 Å². The number of carbonyl (C=O) groups is 2. The molecule has 5 nitrogen and oxygen atoms in total. The van der Waals surface area contributed by atoms with Crippen molar-refractivity contribution in [3.63, 3.8) is 0 Å². The Bertz CT molecular complexity index is 986. The van der Waals surface area contributed by atoms with Crippen LogP contribution in [0.4, 0.5) is 46.5 Å². The minimum absolute atomic E-state index is 0.320. The van der Waals surface area contributed by atoms with Crippen LogP contribution in [0.15, 0.2) is 52.7 Å². The van der Waals surface area contributed by atoms with Gasteiger partial charge in [-0.05, 0) is 30.3 Å². The lowest BCUT2D eigenvalue weighted by atomic mass is 10.1. The predicted octanol–water partition coefficient (Wildman–Crippen LogP) is 5.21. The Hall–Kier alpha value is -3.38. The van der Waals surface area contributed by atoms with Gasteiger partial charge in [-0.2, -0.15) is 36.6 Å². The molecule has 160 valence electrons. The molecule has 0 spiro atoms. The topological polar surface area (TPSA) is 70.9 Å². The third kappa shape index (κ3) is 5.81. The van der Waals surface area contributed by atoms with Gasteiger partial charge in [0, 0.05) is 6.07 Å². The molecule has 0 bridgehead atoms. The van der Waals surface area contributed by atoms with E-state index < -0.39 is 58.7 Å². The fraction of sp³-hybridized carbons (Fsp3) is 0.176. The number of rotatable bonds is 5. The minimum Gasteiger partial charge on any atom is -0.321 e. The van der Waals surface area contributed by atoms with Crippen LogP contribution in [-0.4, -0.2) is 23.9 Å². The predicted molar refractivity (Wildman–Crippen MR) is 85.8 cm³/mol. The lowest BCUT2D eigenvalue weighted by molar-refractivity contribution is -0.173. The second kappa shape index (κ2) is 8.55. The number of hydrogen-bond donors (Lipinski definition) is 1. The first-order chi connectivity index (χ1) is 13.8. The minimum atomic E-state index is -5.56. The van der Waals surface area contributed by atoms with Gasteiger partial charge in [-0.3, -0.25) is 9.59 Å². The van der Waals surface area contributed by atoms with E-state index in [0.29, 0.717) is 30.3 Å². The molecule has 0 saturated carbocycles. The van der Waals surface area contributed by atoms with Crippen LogP contribution in [0.2, 0.25) is 0 Å². The molecule has 0 aromatic heterocycles. The Kier molecular flexibility index (Phi) is 6.53. The molecular formula is C17H9F8N3O2. The average molecular weight is 439 g/mol.